The maximum absolute atomic E-state index is 6.29. The average molecular weight is 407 g/mol. The summed E-state index contributed by atoms with van der Waals surface area (Å²) >= 11 is 14.0. The van der Waals surface area contributed by atoms with Gasteiger partial charge in [-0.2, -0.15) is 0 Å². The molecule has 0 saturated carbocycles. The highest BCUT2D eigenvalue weighted by molar-refractivity contribution is 7.15. The number of fused-ring (bicyclic) bond motifs is 1. The van der Waals surface area contributed by atoms with Gasteiger partial charge >= 0.3 is 0 Å². The minimum Gasteiger partial charge on any atom is -0.486 e. The molecule has 0 fully saturated rings. The molecule has 0 spiro atoms. The van der Waals surface area contributed by atoms with Crippen LogP contribution in [-0.4, -0.2) is 18.2 Å². The SMILES string of the molecule is Cc1nc(Nc2ccc3c(c2)OCCO3)sc1Cc1cc(Cl)ccc1Cl. The number of aryl methyl sites for hydroxylation is 1. The van der Waals surface area contributed by atoms with Crippen molar-refractivity contribution in [3.8, 4) is 11.5 Å². The monoisotopic (exact) mass is 406 g/mol. The summed E-state index contributed by atoms with van der Waals surface area (Å²) in [6, 6.07) is 11.3. The first-order valence-corrected chi connectivity index (χ1v) is 9.72. The predicted octanol–water partition coefficient (Wildman–Crippen LogP) is 5.86. The molecular formula is C19H16Cl2N2O2S. The van der Waals surface area contributed by atoms with E-state index in [0.29, 0.717) is 29.7 Å². The maximum atomic E-state index is 6.29. The predicted molar refractivity (Wildman–Crippen MR) is 107 cm³/mol. The van der Waals surface area contributed by atoms with Gasteiger partial charge in [-0.15, -0.1) is 11.3 Å². The molecule has 1 aliphatic heterocycles. The van der Waals surface area contributed by atoms with Gasteiger partial charge in [-0.25, -0.2) is 4.98 Å². The Balaban J connectivity index is 1.54. The lowest BCUT2D eigenvalue weighted by atomic mass is 10.1. The Morgan fingerprint density at radius 3 is 2.73 bits per heavy atom. The van der Waals surface area contributed by atoms with Crippen LogP contribution in [0.2, 0.25) is 10.0 Å². The molecule has 0 radical (unpaired) electrons. The van der Waals surface area contributed by atoms with Gasteiger partial charge in [0.05, 0.1) is 5.69 Å². The number of hydrogen-bond donors (Lipinski definition) is 1. The number of anilines is 2. The molecule has 3 aromatic rings. The summed E-state index contributed by atoms with van der Waals surface area (Å²) in [7, 11) is 0. The number of rotatable bonds is 4. The second-order valence-corrected chi connectivity index (χ2v) is 7.85. The number of aromatic nitrogens is 1. The Labute approximate surface area is 165 Å². The molecule has 2 aromatic carbocycles. The zero-order valence-corrected chi connectivity index (χ0v) is 16.3. The number of nitrogens with one attached hydrogen (secondary N) is 1. The third kappa shape index (κ3) is 3.75. The fraction of sp³-hybridized carbons (Fsp3) is 0.211. The van der Waals surface area contributed by atoms with E-state index in [1.807, 2.05) is 37.3 Å². The Hall–Kier alpha value is -1.95. The molecule has 26 heavy (non-hydrogen) atoms. The van der Waals surface area contributed by atoms with E-state index in [4.69, 9.17) is 32.7 Å². The number of hydrogen-bond acceptors (Lipinski definition) is 5. The largest absolute Gasteiger partial charge is 0.486 e. The minimum absolute atomic E-state index is 0.567. The Bertz CT molecular complexity index is 959. The van der Waals surface area contributed by atoms with Crippen molar-refractivity contribution in [2.45, 2.75) is 13.3 Å². The summed E-state index contributed by atoms with van der Waals surface area (Å²) in [6.07, 6.45) is 0.700. The molecule has 0 amide bonds. The van der Waals surface area contributed by atoms with Crippen LogP contribution in [0, 0.1) is 6.92 Å². The van der Waals surface area contributed by atoms with Crippen LogP contribution in [0.15, 0.2) is 36.4 Å². The van der Waals surface area contributed by atoms with Crippen molar-refractivity contribution >= 4 is 45.4 Å². The summed E-state index contributed by atoms with van der Waals surface area (Å²) in [6.45, 7) is 3.15. The van der Waals surface area contributed by atoms with Crippen LogP contribution in [0.3, 0.4) is 0 Å². The summed E-state index contributed by atoms with van der Waals surface area (Å²) < 4.78 is 11.2. The van der Waals surface area contributed by atoms with Crippen LogP contribution in [0.5, 0.6) is 11.5 Å². The van der Waals surface area contributed by atoms with Crippen molar-refractivity contribution in [1.29, 1.82) is 0 Å². The van der Waals surface area contributed by atoms with E-state index in [2.05, 4.69) is 10.3 Å². The van der Waals surface area contributed by atoms with Crippen LogP contribution >= 0.6 is 34.5 Å². The molecule has 1 aliphatic rings. The van der Waals surface area contributed by atoms with Gasteiger partial charge in [0.15, 0.2) is 16.6 Å². The van der Waals surface area contributed by atoms with Crippen LogP contribution in [-0.2, 0) is 6.42 Å². The highest BCUT2D eigenvalue weighted by atomic mass is 35.5. The van der Waals surface area contributed by atoms with Gasteiger partial charge in [0, 0.05) is 33.1 Å². The topological polar surface area (TPSA) is 43.4 Å². The molecule has 0 unspecified atom stereocenters. The maximum Gasteiger partial charge on any atom is 0.187 e. The number of ether oxygens (including phenoxy) is 2. The zero-order chi connectivity index (χ0) is 18.1. The van der Waals surface area contributed by atoms with Gasteiger partial charge in [-0.05, 0) is 42.8 Å². The summed E-state index contributed by atoms with van der Waals surface area (Å²) in [5.74, 6) is 1.52. The van der Waals surface area contributed by atoms with E-state index in [0.717, 1.165) is 38.5 Å². The molecular weight excluding hydrogens is 391 g/mol. The lowest BCUT2D eigenvalue weighted by molar-refractivity contribution is 0.171. The summed E-state index contributed by atoms with van der Waals surface area (Å²) in [5.41, 5.74) is 2.89. The third-order valence-electron chi connectivity index (χ3n) is 4.04. The van der Waals surface area contributed by atoms with Crippen LogP contribution in [0.25, 0.3) is 0 Å². The van der Waals surface area contributed by atoms with Crippen LogP contribution < -0.4 is 14.8 Å². The molecule has 1 aromatic heterocycles. The van der Waals surface area contributed by atoms with Crippen molar-refractivity contribution in [3.63, 3.8) is 0 Å². The molecule has 0 bridgehead atoms. The summed E-state index contributed by atoms with van der Waals surface area (Å²) in [4.78, 5) is 5.77. The van der Waals surface area contributed by atoms with E-state index >= 15 is 0 Å². The Kier molecular flexibility index (Phi) is 4.94. The van der Waals surface area contributed by atoms with Crippen LogP contribution in [0.4, 0.5) is 10.8 Å². The van der Waals surface area contributed by atoms with Gasteiger partial charge in [0.2, 0.25) is 0 Å². The van der Waals surface area contributed by atoms with E-state index in [9.17, 15) is 0 Å². The molecule has 7 heteroatoms. The van der Waals surface area contributed by atoms with E-state index in [1.54, 1.807) is 17.4 Å². The standard InChI is InChI=1S/C19H16Cl2N2O2S/c1-11-18(9-12-8-13(20)2-4-15(12)21)26-19(22-11)23-14-3-5-16-17(10-14)25-7-6-24-16/h2-5,8,10H,6-7,9H2,1H3,(H,22,23). The average Bonchev–Trinajstić information content (AvgIpc) is 2.97. The van der Waals surface area contributed by atoms with Crippen molar-refractivity contribution in [3.05, 3.63) is 62.6 Å². The fourth-order valence-electron chi connectivity index (χ4n) is 2.74. The quantitative estimate of drug-likeness (QED) is 0.588. The van der Waals surface area contributed by atoms with Gasteiger partial charge < -0.3 is 14.8 Å². The third-order valence-corrected chi connectivity index (χ3v) is 5.72. The summed E-state index contributed by atoms with van der Waals surface area (Å²) in [5, 5.41) is 5.56. The lowest BCUT2D eigenvalue weighted by Crippen LogP contribution is -2.15. The Morgan fingerprint density at radius 1 is 1.08 bits per heavy atom. The first-order chi connectivity index (χ1) is 12.6. The smallest absolute Gasteiger partial charge is 0.187 e. The van der Waals surface area contributed by atoms with Gasteiger partial charge in [0.25, 0.3) is 0 Å². The second-order valence-electron chi connectivity index (χ2n) is 5.92. The molecule has 0 aliphatic carbocycles. The van der Waals surface area contributed by atoms with E-state index < -0.39 is 0 Å². The second kappa shape index (κ2) is 7.35. The van der Waals surface area contributed by atoms with Gasteiger partial charge in [-0.3, -0.25) is 0 Å². The number of nitrogens with zero attached hydrogens (tertiary/aromatic N) is 1. The van der Waals surface area contributed by atoms with Crippen molar-refractivity contribution in [2.75, 3.05) is 18.5 Å². The first kappa shape index (κ1) is 17.5. The number of thiazole rings is 1. The highest BCUT2D eigenvalue weighted by Crippen LogP contribution is 2.35. The minimum atomic E-state index is 0.567. The normalized spacial score (nSPS) is 12.9. The zero-order valence-electron chi connectivity index (χ0n) is 14.0. The van der Waals surface area contributed by atoms with Crippen molar-refractivity contribution < 1.29 is 9.47 Å². The molecule has 2 heterocycles. The molecule has 4 rings (SSSR count). The van der Waals surface area contributed by atoms with Crippen molar-refractivity contribution in [1.82, 2.24) is 4.98 Å². The lowest BCUT2D eigenvalue weighted by Gasteiger charge is -2.18. The molecule has 0 atom stereocenters. The van der Waals surface area contributed by atoms with Gasteiger partial charge in [-0.1, -0.05) is 23.2 Å². The highest BCUT2D eigenvalue weighted by Gasteiger charge is 2.14. The van der Waals surface area contributed by atoms with E-state index in [-0.39, 0.29) is 0 Å². The molecule has 0 saturated heterocycles. The number of benzene rings is 2. The van der Waals surface area contributed by atoms with Gasteiger partial charge in [0.1, 0.15) is 13.2 Å². The molecule has 4 nitrogen and oxygen atoms in total. The Morgan fingerprint density at radius 2 is 1.88 bits per heavy atom. The van der Waals surface area contributed by atoms with E-state index in [1.165, 1.54) is 0 Å². The fourth-order valence-corrected chi connectivity index (χ4v) is 4.13. The molecule has 134 valence electrons. The van der Waals surface area contributed by atoms with Crippen LogP contribution in [0.1, 0.15) is 16.1 Å². The first-order valence-electron chi connectivity index (χ1n) is 8.15. The van der Waals surface area contributed by atoms with Crippen molar-refractivity contribution in [2.24, 2.45) is 0 Å². The number of halogens is 2. The molecule has 1 N–H and O–H groups in total.